The Morgan fingerprint density at radius 1 is 1.15 bits per heavy atom. The summed E-state index contributed by atoms with van der Waals surface area (Å²) in [6.45, 7) is 1.75. The highest BCUT2D eigenvalue weighted by molar-refractivity contribution is 6.31. The Morgan fingerprint density at radius 2 is 1.85 bits per heavy atom. The van der Waals surface area contributed by atoms with Crippen molar-refractivity contribution in [2.45, 2.75) is 6.92 Å². The molecule has 0 aliphatic rings. The highest BCUT2D eigenvalue weighted by Crippen LogP contribution is 2.25. The maximum atomic E-state index is 13.6. The van der Waals surface area contributed by atoms with Gasteiger partial charge in [-0.1, -0.05) is 41.9 Å². The maximum Gasteiger partial charge on any atom is 0.192 e. The normalized spacial score (nSPS) is 10.9. The van der Waals surface area contributed by atoms with Gasteiger partial charge in [-0.05, 0) is 24.6 Å². The summed E-state index contributed by atoms with van der Waals surface area (Å²) in [7, 11) is 0. The van der Waals surface area contributed by atoms with Crippen LogP contribution in [-0.4, -0.2) is 4.98 Å². The van der Waals surface area contributed by atoms with E-state index >= 15 is 0 Å². The van der Waals surface area contributed by atoms with Crippen molar-refractivity contribution in [2.24, 2.45) is 0 Å². The fourth-order valence-electron chi connectivity index (χ4n) is 2.28. The lowest BCUT2D eigenvalue weighted by molar-refractivity contribution is 0.630. The lowest BCUT2D eigenvalue weighted by Gasteiger charge is -2.09. The zero-order chi connectivity index (χ0) is 14.3. The summed E-state index contributed by atoms with van der Waals surface area (Å²) in [6.07, 6.45) is 0. The summed E-state index contributed by atoms with van der Waals surface area (Å²) in [6, 6.07) is 12.1. The highest BCUT2D eigenvalue weighted by atomic mass is 35.5. The zero-order valence-electron chi connectivity index (χ0n) is 10.7. The van der Waals surface area contributed by atoms with Gasteiger partial charge in [-0.15, -0.1) is 0 Å². The molecule has 20 heavy (non-hydrogen) atoms. The van der Waals surface area contributed by atoms with Crippen LogP contribution >= 0.6 is 11.6 Å². The van der Waals surface area contributed by atoms with E-state index in [1.165, 1.54) is 12.1 Å². The van der Waals surface area contributed by atoms with E-state index in [2.05, 4.69) is 4.98 Å². The number of hydrogen-bond acceptors (Lipinski definition) is 1. The Morgan fingerprint density at radius 3 is 2.55 bits per heavy atom. The molecule has 100 valence electrons. The van der Waals surface area contributed by atoms with Crippen LogP contribution in [0.15, 0.2) is 47.3 Å². The first-order valence-electron chi connectivity index (χ1n) is 6.15. The molecule has 0 spiro atoms. The summed E-state index contributed by atoms with van der Waals surface area (Å²) in [5.41, 5.74) is 2.48. The number of aromatic amines is 1. The third-order valence-corrected chi connectivity index (χ3v) is 3.63. The molecule has 0 atom stereocenters. The summed E-state index contributed by atoms with van der Waals surface area (Å²) >= 11 is 5.74. The predicted octanol–water partition coefficient (Wildman–Crippen LogP) is 4.30. The second-order valence-electron chi connectivity index (χ2n) is 4.63. The van der Waals surface area contributed by atoms with Crippen LogP contribution in [-0.2, 0) is 0 Å². The van der Waals surface area contributed by atoms with Crippen LogP contribution in [0.3, 0.4) is 0 Å². The van der Waals surface area contributed by atoms with E-state index in [0.29, 0.717) is 22.2 Å². The fourth-order valence-corrected chi connectivity index (χ4v) is 2.44. The van der Waals surface area contributed by atoms with Crippen LogP contribution in [0.1, 0.15) is 5.56 Å². The van der Waals surface area contributed by atoms with Crippen molar-refractivity contribution in [1.82, 2.24) is 4.98 Å². The molecule has 0 fully saturated rings. The molecule has 3 aromatic rings. The van der Waals surface area contributed by atoms with E-state index in [0.717, 1.165) is 5.56 Å². The number of rotatable bonds is 1. The van der Waals surface area contributed by atoms with Gasteiger partial charge in [0.05, 0.1) is 16.2 Å². The van der Waals surface area contributed by atoms with Crippen LogP contribution in [0.4, 0.5) is 4.39 Å². The molecule has 0 unspecified atom stereocenters. The third-order valence-electron chi connectivity index (χ3n) is 3.34. The van der Waals surface area contributed by atoms with Crippen molar-refractivity contribution in [3.05, 3.63) is 69.1 Å². The number of hydrogen-bond donors (Lipinski definition) is 1. The first kappa shape index (κ1) is 12.9. The molecular formula is C16H11ClFNO. The minimum atomic E-state index is -0.544. The van der Waals surface area contributed by atoms with Gasteiger partial charge in [0.1, 0.15) is 5.82 Å². The Balaban J connectivity index is 2.39. The summed E-state index contributed by atoms with van der Waals surface area (Å²) < 4.78 is 13.6. The van der Waals surface area contributed by atoms with Crippen LogP contribution in [0, 0.1) is 12.7 Å². The summed E-state index contributed by atoms with van der Waals surface area (Å²) in [5, 5.41) is 0.350. The molecule has 0 radical (unpaired) electrons. The molecule has 1 aromatic heterocycles. The first-order chi connectivity index (χ1) is 9.58. The molecule has 0 saturated heterocycles. The third kappa shape index (κ3) is 2.00. The van der Waals surface area contributed by atoms with Gasteiger partial charge in [-0.3, -0.25) is 4.79 Å². The zero-order valence-corrected chi connectivity index (χ0v) is 11.5. The van der Waals surface area contributed by atoms with E-state index in [4.69, 9.17) is 11.6 Å². The first-order valence-corrected chi connectivity index (χ1v) is 6.53. The van der Waals surface area contributed by atoms with Crippen molar-refractivity contribution in [1.29, 1.82) is 0 Å². The van der Waals surface area contributed by atoms with E-state index in [1.54, 1.807) is 6.92 Å². The smallest absolute Gasteiger partial charge is 0.192 e. The van der Waals surface area contributed by atoms with Crippen LogP contribution < -0.4 is 5.43 Å². The Labute approximate surface area is 119 Å². The number of fused-ring (bicyclic) bond motifs is 1. The largest absolute Gasteiger partial charge is 0.354 e. The van der Waals surface area contributed by atoms with Crippen LogP contribution in [0.25, 0.3) is 22.2 Å². The number of nitrogens with one attached hydrogen (secondary N) is 1. The van der Waals surface area contributed by atoms with Gasteiger partial charge >= 0.3 is 0 Å². The summed E-state index contributed by atoms with van der Waals surface area (Å²) in [5.74, 6) is -0.544. The van der Waals surface area contributed by atoms with Gasteiger partial charge in [0, 0.05) is 10.9 Å². The predicted molar refractivity (Wildman–Crippen MR) is 79.7 cm³/mol. The minimum absolute atomic E-state index is 0.0464. The van der Waals surface area contributed by atoms with Crippen LogP contribution in [0.2, 0.25) is 5.02 Å². The fraction of sp³-hybridized carbons (Fsp3) is 0.0625. The number of H-pyrrole nitrogens is 1. The molecule has 0 aliphatic heterocycles. The molecule has 2 nitrogen and oxygen atoms in total. The van der Waals surface area contributed by atoms with Gasteiger partial charge in [0.25, 0.3) is 0 Å². The number of aromatic nitrogens is 1. The summed E-state index contributed by atoms with van der Waals surface area (Å²) in [4.78, 5) is 15.5. The SMILES string of the molecule is Cc1c(-c2ccccc2)[nH]c2cc(F)c(Cl)cc2c1=O. The van der Waals surface area contributed by atoms with Crippen molar-refractivity contribution in [2.75, 3.05) is 0 Å². The number of halogens is 2. The van der Waals surface area contributed by atoms with Crippen molar-refractivity contribution in [3.63, 3.8) is 0 Å². The van der Waals surface area contributed by atoms with Crippen LogP contribution in [0.5, 0.6) is 0 Å². The molecule has 0 amide bonds. The quantitative estimate of drug-likeness (QED) is 0.711. The molecule has 1 heterocycles. The molecule has 1 N–H and O–H groups in total. The van der Waals surface area contributed by atoms with Gasteiger partial charge in [0.15, 0.2) is 5.43 Å². The van der Waals surface area contributed by atoms with E-state index in [9.17, 15) is 9.18 Å². The average Bonchev–Trinajstić information content (AvgIpc) is 2.46. The highest BCUT2D eigenvalue weighted by Gasteiger charge is 2.12. The van der Waals surface area contributed by atoms with E-state index < -0.39 is 5.82 Å². The number of benzene rings is 2. The maximum absolute atomic E-state index is 13.6. The lowest BCUT2D eigenvalue weighted by atomic mass is 10.0. The van der Waals surface area contributed by atoms with Gasteiger partial charge in [0.2, 0.25) is 0 Å². The molecule has 0 aliphatic carbocycles. The van der Waals surface area contributed by atoms with Crippen molar-refractivity contribution in [3.8, 4) is 11.3 Å². The molecule has 0 bridgehead atoms. The molecule has 2 aromatic carbocycles. The molecule has 0 saturated carbocycles. The molecule has 3 rings (SSSR count). The Hall–Kier alpha value is -2.13. The minimum Gasteiger partial charge on any atom is -0.354 e. The van der Waals surface area contributed by atoms with Crippen molar-refractivity contribution >= 4 is 22.5 Å². The van der Waals surface area contributed by atoms with Crippen molar-refractivity contribution < 1.29 is 4.39 Å². The standard InChI is InChI=1S/C16H11ClFNO/c1-9-15(10-5-3-2-4-6-10)19-14-8-13(18)12(17)7-11(14)16(9)20/h2-8H,1H3,(H,19,20). The molecule has 4 heteroatoms. The Kier molecular flexibility index (Phi) is 3.07. The monoisotopic (exact) mass is 287 g/mol. The van der Waals surface area contributed by atoms with Gasteiger partial charge in [-0.2, -0.15) is 0 Å². The number of pyridine rings is 1. The lowest BCUT2D eigenvalue weighted by Crippen LogP contribution is -2.09. The van der Waals surface area contributed by atoms with E-state index in [1.807, 2.05) is 30.3 Å². The second-order valence-corrected chi connectivity index (χ2v) is 5.04. The topological polar surface area (TPSA) is 32.9 Å². The molecular weight excluding hydrogens is 277 g/mol. The average molecular weight is 288 g/mol. The van der Waals surface area contributed by atoms with E-state index in [-0.39, 0.29) is 10.5 Å². The second kappa shape index (κ2) is 4.76. The Bertz CT molecular complexity index is 856. The van der Waals surface area contributed by atoms with Gasteiger partial charge in [-0.25, -0.2) is 4.39 Å². The van der Waals surface area contributed by atoms with Gasteiger partial charge < -0.3 is 4.98 Å².